The first-order valence-corrected chi connectivity index (χ1v) is 10.3. The molecule has 0 spiro atoms. The van der Waals surface area contributed by atoms with Crippen LogP contribution in [-0.2, 0) is 16.3 Å². The van der Waals surface area contributed by atoms with Crippen molar-refractivity contribution in [2.45, 2.75) is 44.6 Å². The Bertz CT molecular complexity index is 826. The highest BCUT2D eigenvalue weighted by Crippen LogP contribution is 2.20. The second kappa shape index (κ2) is 8.30. The number of carbonyl (C=O) groups is 1. The Morgan fingerprint density at radius 2 is 1.68 bits per heavy atom. The van der Waals surface area contributed by atoms with Crippen LogP contribution in [0.15, 0.2) is 53.4 Å². The first kappa shape index (κ1) is 19.2. The monoisotopic (exact) mass is 359 g/mol. The Balaban J connectivity index is 2.23. The van der Waals surface area contributed by atoms with Crippen LogP contribution >= 0.6 is 0 Å². The molecule has 5 heteroatoms. The Morgan fingerprint density at radius 1 is 1.04 bits per heavy atom. The van der Waals surface area contributed by atoms with Crippen LogP contribution in [0.25, 0.3) is 0 Å². The van der Waals surface area contributed by atoms with Gasteiger partial charge in [0.15, 0.2) is 9.84 Å². The van der Waals surface area contributed by atoms with Crippen molar-refractivity contribution in [2.75, 3.05) is 5.75 Å². The van der Waals surface area contributed by atoms with Gasteiger partial charge in [0.05, 0.1) is 22.3 Å². The molecule has 0 saturated carbocycles. The van der Waals surface area contributed by atoms with Gasteiger partial charge in [0.25, 0.3) is 5.91 Å². The van der Waals surface area contributed by atoms with Crippen LogP contribution in [0, 0.1) is 0 Å². The first-order valence-electron chi connectivity index (χ1n) is 8.60. The van der Waals surface area contributed by atoms with Crippen LogP contribution in [-0.4, -0.2) is 20.1 Å². The number of aryl methyl sites for hydroxylation is 1. The predicted octanol–water partition coefficient (Wildman–Crippen LogP) is 3.92. The van der Waals surface area contributed by atoms with Gasteiger partial charge in [0.2, 0.25) is 0 Å². The summed E-state index contributed by atoms with van der Waals surface area (Å²) >= 11 is 0. The van der Waals surface area contributed by atoms with E-state index in [2.05, 4.69) is 12.2 Å². The molecule has 1 atom stereocenters. The van der Waals surface area contributed by atoms with Crippen LogP contribution in [0.1, 0.15) is 54.7 Å². The summed E-state index contributed by atoms with van der Waals surface area (Å²) in [6.07, 6.45) is 1.47. The molecule has 0 fully saturated rings. The van der Waals surface area contributed by atoms with Gasteiger partial charge in [-0.25, -0.2) is 8.42 Å². The molecule has 2 aromatic rings. The molecule has 0 saturated heterocycles. The van der Waals surface area contributed by atoms with Crippen molar-refractivity contribution in [3.8, 4) is 0 Å². The van der Waals surface area contributed by atoms with Crippen molar-refractivity contribution in [3.05, 3.63) is 65.2 Å². The summed E-state index contributed by atoms with van der Waals surface area (Å²) in [4.78, 5) is 12.7. The smallest absolute Gasteiger partial charge is 0.253 e. The second-order valence-corrected chi connectivity index (χ2v) is 8.18. The fourth-order valence-electron chi connectivity index (χ4n) is 2.70. The first-order chi connectivity index (χ1) is 11.9. The van der Waals surface area contributed by atoms with E-state index in [0.29, 0.717) is 6.42 Å². The van der Waals surface area contributed by atoms with Crippen molar-refractivity contribution in [3.63, 3.8) is 0 Å². The van der Waals surface area contributed by atoms with E-state index in [1.807, 2.05) is 38.1 Å². The largest absolute Gasteiger partial charge is 0.345 e. The van der Waals surface area contributed by atoms with Gasteiger partial charge < -0.3 is 5.32 Å². The number of sulfone groups is 1. The lowest BCUT2D eigenvalue weighted by atomic mass is 10.0. The van der Waals surface area contributed by atoms with E-state index in [4.69, 9.17) is 0 Å². The highest BCUT2D eigenvalue weighted by Gasteiger charge is 2.22. The maximum absolute atomic E-state index is 12.6. The molecule has 1 N–H and O–H groups in total. The number of hydrogen-bond acceptors (Lipinski definition) is 3. The number of amides is 1. The molecule has 2 aromatic carbocycles. The summed E-state index contributed by atoms with van der Waals surface area (Å²) in [5.74, 6) is -0.340. The molecule has 2 rings (SSSR count). The van der Waals surface area contributed by atoms with Crippen LogP contribution in [0.2, 0.25) is 0 Å². The van der Waals surface area contributed by atoms with Crippen LogP contribution in [0.5, 0.6) is 0 Å². The van der Waals surface area contributed by atoms with Gasteiger partial charge in [0.1, 0.15) is 0 Å². The molecule has 0 radical (unpaired) electrons. The predicted molar refractivity (Wildman–Crippen MR) is 100 cm³/mol. The topological polar surface area (TPSA) is 63.2 Å². The lowest BCUT2D eigenvalue weighted by molar-refractivity contribution is 0.0936. The minimum atomic E-state index is -3.46. The molecule has 0 aliphatic heterocycles. The summed E-state index contributed by atoms with van der Waals surface area (Å²) in [5, 5.41) is 2.90. The minimum absolute atomic E-state index is 0.0331. The zero-order valence-electron chi connectivity index (χ0n) is 15.0. The summed E-state index contributed by atoms with van der Waals surface area (Å²) in [5.41, 5.74) is 2.42. The van der Waals surface area contributed by atoms with Crippen molar-refractivity contribution >= 4 is 15.7 Å². The Labute approximate surface area is 150 Å². The maximum Gasteiger partial charge on any atom is 0.253 e. The van der Waals surface area contributed by atoms with Crippen molar-refractivity contribution < 1.29 is 13.2 Å². The molecular formula is C20H25NO3S. The highest BCUT2D eigenvalue weighted by atomic mass is 32.2. The average Bonchev–Trinajstić information content (AvgIpc) is 2.61. The summed E-state index contributed by atoms with van der Waals surface area (Å²) in [7, 11) is -3.46. The zero-order chi connectivity index (χ0) is 18.4. The molecular weight excluding hydrogens is 334 g/mol. The molecule has 0 heterocycles. The van der Waals surface area contributed by atoms with Crippen LogP contribution in [0.4, 0.5) is 0 Å². The van der Waals surface area contributed by atoms with Crippen molar-refractivity contribution in [2.24, 2.45) is 0 Å². The van der Waals surface area contributed by atoms with E-state index in [1.165, 1.54) is 11.6 Å². The van der Waals surface area contributed by atoms with E-state index >= 15 is 0 Å². The Hall–Kier alpha value is -2.14. The Kier molecular flexibility index (Phi) is 6.37. The van der Waals surface area contributed by atoms with E-state index < -0.39 is 9.84 Å². The van der Waals surface area contributed by atoms with Gasteiger partial charge in [-0.05, 0) is 43.0 Å². The lowest BCUT2D eigenvalue weighted by Crippen LogP contribution is -2.28. The highest BCUT2D eigenvalue weighted by molar-refractivity contribution is 7.91. The molecule has 0 aliphatic carbocycles. The fourth-order valence-corrected chi connectivity index (χ4v) is 4.24. The summed E-state index contributed by atoms with van der Waals surface area (Å²) in [6, 6.07) is 14.2. The van der Waals surface area contributed by atoms with E-state index in [-0.39, 0.29) is 28.2 Å². The molecule has 4 nitrogen and oxygen atoms in total. The summed E-state index contributed by atoms with van der Waals surface area (Å²) in [6.45, 7) is 5.79. The van der Waals surface area contributed by atoms with E-state index in [1.54, 1.807) is 18.2 Å². The van der Waals surface area contributed by atoms with Gasteiger partial charge >= 0.3 is 0 Å². The van der Waals surface area contributed by atoms with Gasteiger partial charge in [-0.2, -0.15) is 0 Å². The molecule has 0 aromatic heterocycles. The van der Waals surface area contributed by atoms with Crippen molar-refractivity contribution in [1.29, 1.82) is 0 Å². The van der Waals surface area contributed by atoms with E-state index in [9.17, 15) is 13.2 Å². The molecule has 1 unspecified atom stereocenters. The number of benzene rings is 2. The molecule has 25 heavy (non-hydrogen) atoms. The number of carbonyl (C=O) groups excluding carboxylic acids is 1. The number of hydrogen-bond donors (Lipinski definition) is 1. The number of rotatable bonds is 7. The minimum Gasteiger partial charge on any atom is -0.345 e. The fraction of sp³-hybridized carbons (Fsp3) is 0.350. The summed E-state index contributed by atoms with van der Waals surface area (Å²) < 4.78 is 24.8. The van der Waals surface area contributed by atoms with E-state index in [0.717, 1.165) is 12.0 Å². The SMILES string of the molecule is CCCS(=O)(=O)c1ccccc1C(=O)NC(C)c1ccc(CC)cc1. The van der Waals surface area contributed by atoms with Gasteiger partial charge in [-0.15, -0.1) is 0 Å². The zero-order valence-corrected chi connectivity index (χ0v) is 15.8. The average molecular weight is 359 g/mol. The van der Waals surface area contributed by atoms with Gasteiger partial charge in [0, 0.05) is 0 Å². The van der Waals surface area contributed by atoms with Gasteiger partial charge in [-0.1, -0.05) is 50.2 Å². The van der Waals surface area contributed by atoms with Crippen molar-refractivity contribution in [1.82, 2.24) is 5.32 Å². The molecule has 0 bridgehead atoms. The second-order valence-electron chi connectivity index (χ2n) is 6.11. The normalized spacial score (nSPS) is 12.6. The van der Waals surface area contributed by atoms with Crippen LogP contribution < -0.4 is 5.32 Å². The van der Waals surface area contributed by atoms with Crippen LogP contribution in [0.3, 0.4) is 0 Å². The third kappa shape index (κ3) is 4.69. The number of nitrogens with one attached hydrogen (secondary N) is 1. The standard InChI is InChI=1S/C20H25NO3S/c1-4-14-25(23,24)19-9-7-6-8-18(19)20(22)21-15(3)17-12-10-16(5-2)11-13-17/h6-13,15H,4-5,14H2,1-3H3,(H,21,22). The third-order valence-corrected chi connectivity index (χ3v) is 6.15. The molecule has 134 valence electrons. The third-order valence-electron chi connectivity index (χ3n) is 4.18. The maximum atomic E-state index is 12.6. The molecule has 1 amide bonds. The van der Waals surface area contributed by atoms with Gasteiger partial charge in [-0.3, -0.25) is 4.79 Å². The quantitative estimate of drug-likeness (QED) is 0.815. The Morgan fingerprint density at radius 3 is 2.28 bits per heavy atom. The molecule has 0 aliphatic rings. The lowest BCUT2D eigenvalue weighted by Gasteiger charge is -2.16.